The van der Waals surface area contributed by atoms with Crippen molar-refractivity contribution in [1.82, 2.24) is 10.2 Å². The number of likely N-dealkylation sites (N-methyl/N-ethyl adjacent to an activating group) is 1. The first-order valence-electron chi connectivity index (χ1n) is 7.61. The van der Waals surface area contributed by atoms with Crippen LogP contribution in [0, 0.1) is 0 Å². The van der Waals surface area contributed by atoms with Crippen molar-refractivity contribution < 1.29 is 0 Å². The first-order chi connectivity index (χ1) is 8.54. The monoisotopic (exact) mass is 252 g/mol. The first-order valence-corrected chi connectivity index (χ1v) is 7.61. The summed E-state index contributed by atoms with van der Waals surface area (Å²) >= 11 is 0. The Balaban J connectivity index is 2.71. The number of piperidine rings is 1. The summed E-state index contributed by atoms with van der Waals surface area (Å²) in [5, 5.41) is 3.56. The lowest BCUT2D eigenvalue weighted by Gasteiger charge is -2.48. The van der Waals surface area contributed by atoms with Crippen molar-refractivity contribution in [2.75, 3.05) is 20.1 Å². The van der Waals surface area contributed by atoms with Crippen LogP contribution < -0.4 is 5.32 Å². The third-order valence-corrected chi connectivity index (χ3v) is 4.75. The third-order valence-electron chi connectivity index (χ3n) is 4.75. The molecule has 2 unspecified atom stereocenters. The fourth-order valence-electron chi connectivity index (χ4n) is 3.25. The minimum absolute atomic E-state index is 0.296. The van der Waals surface area contributed by atoms with Gasteiger partial charge in [-0.05, 0) is 66.1 Å². The van der Waals surface area contributed by atoms with Crippen LogP contribution in [-0.2, 0) is 0 Å². The van der Waals surface area contributed by atoms with Crippen molar-refractivity contribution >= 4 is 0 Å². The number of likely N-dealkylation sites (tertiary alicyclic amines) is 1. The van der Waals surface area contributed by atoms with Crippen molar-refractivity contribution in [3.63, 3.8) is 0 Å². The molecule has 0 saturated carbocycles. The molecule has 1 saturated heterocycles. The molecular weight excluding hydrogens is 220 g/mol. The molecule has 2 atom stereocenters. The van der Waals surface area contributed by atoms with E-state index in [9.17, 15) is 0 Å². The van der Waals surface area contributed by atoms with E-state index in [1.807, 2.05) is 0 Å². The highest BCUT2D eigenvalue weighted by Gasteiger charge is 2.37. The van der Waals surface area contributed by atoms with Gasteiger partial charge < -0.3 is 5.32 Å². The lowest BCUT2D eigenvalue weighted by molar-refractivity contribution is 0.0427. The molecule has 1 N–H and O–H groups in total. The third kappa shape index (κ3) is 3.83. The molecule has 18 heavy (non-hydrogen) atoms. The van der Waals surface area contributed by atoms with Gasteiger partial charge in [0, 0.05) is 11.6 Å². The van der Waals surface area contributed by atoms with Crippen molar-refractivity contribution in [3.05, 3.63) is 12.2 Å². The minimum Gasteiger partial charge on any atom is -0.315 e. The molecule has 0 amide bonds. The number of allylic oxidation sites excluding steroid dienone is 1. The minimum atomic E-state index is 0.296. The number of hydrogen-bond acceptors (Lipinski definition) is 2. The maximum absolute atomic E-state index is 4.04. The van der Waals surface area contributed by atoms with Crippen molar-refractivity contribution in [2.24, 2.45) is 0 Å². The zero-order valence-corrected chi connectivity index (χ0v) is 12.9. The van der Waals surface area contributed by atoms with Crippen molar-refractivity contribution in [3.8, 4) is 0 Å². The molecule has 0 radical (unpaired) electrons. The average molecular weight is 252 g/mol. The molecule has 0 aromatic heterocycles. The van der Waals surface area contributed by atoms with E-state index in [0.29, 0.717) is 11.6 Å². The van der Waals surface area contributed by atoms with Gasteiger partial charge >= 0.3 is 0 Å². The number of hydrogen-bond donors (Lipinski definition) is 1. The van der Waals surface area contributed by atoms with E-state index in [1.165, 1.54) is 50.8 Å². The average Bonchev–Trinajstić information content (AvgIpc) is 2.39. The predicted octanol–water partition coefficient (Wildman–Crippen LogP) is 3.59. The summed E-state index contributed by atoms with van der Waals surface area (Å²) in [4.78, 5) is 2.72. The molecule has 2 heteroatoms. The van der Waals surface area contributed by atoms with Crippen LogP contribution >= 0.6 is 0 Å². The Hall–Kier alpha value is -0.340. The van der Waals surface area contributed by atoms with Gasteiger partial charge in [-0.1, -0.05) is 18.9 Å². The number of nitrogens with zero attached hydrogens (tertiary/aromatic N) is 1. The van der Waals surface area contributed by atoms with Crippen molar-refractivity contribution in [2.45, 2.75) is 70.9 Å². The maximum atomic E-state index is 4.04. The lowest BCUT2D eigenvalue weighted by atomic mass is 9.82. The molecule has 0 bridgehead atoms. The molecular formula is C16H32N2. The van der Waals surface area contributed by atoms with E-state index >= 15 is 0 Å². The zero-order valence-electron chi connectivity index (χ0n) is 12.9. The van der Waals surface area contributed by atoms with E-state index in [0.717, 1.165) is 6.42 Å². The largest absolute Gasteiger partial charge is 0.315 e. The molecule has 106 valence electrons. The van der Waals surface area contributed by atoms with E-state index in [1.54, 1.807) is 0 Å². The highest BCUT2D eigenvalue weighted by Crippen LogP contribution is 2.29. The van der Waals surface area contributed by atoms with Gasteiger partial charge in [0.1, 0.15) is 0 Å². The molecule has 0 spiro atoms. The van der Waals surface area contributed by atoms with E-state index in [4.69, 9.17) is 0 Å². The van der Waals surface area contributed by atoms with Gasteiger partial charge in [-0.3, -0.25) is 4.90 Å². The summed E-state index contributed by atoms with van der Waals surface area (Å²) in [5.41, 5.74) is 1.59. The van der Waals surface area contributed by atoms with Gasteiger partial charge in [0.15, 0.2) is 0 Å². The topological polar surface area (TPSA) is 15.3 Å². The molecule has 1 fully saturated rings. The quantitative estimate of drug-likeness (QED) is 0.697. The van der Waals surface area contributed by atoms with Crippen molar-refractivity contribution in [1.29, 1.82) is 0 Å². The molecule has 1 aliphatic heterocycles. The summed E-state index contributed by atoms with van der Waals surface area (Å²) in [5.74, 6) is 0. The Morgan fingerprint density at radius 3 is 2.39 bits per heavy atom. The van der Waals surface area contributed by atoms with E-state index in [-0.39, 0.29) is 0 Å². The highest BCUT2D eigenvalue weighted by molar-refractivity contribution is 4.99. The summed E-state index contributed by atoms with van der Waals surface area (Å²) < 4.78 is 0. The van der Waals surface area contributed by atoms with Gasteiger partial charge in [0.25, 0.3) is 0 Å². The second-order valence-electron chi connectivity index (χ2n) is 6.10. The van der Waals surface area contributed by atoms with Crippen LogP contribution in [0.1, 0.15) is 59.3 Å². The van der Waals surface area contributed by atoms with Gasteiger partial charge in [0.05, 0.1) is 0 Å². The Labute approximate surface area is 114 Å². The normalized spacial score (nSPS) is 22.4. The zero-order chi connectivity index (χ0) is 13.6. The second-order valence-corrected chi connectivity index (χ2v) is 6.10. The van der Waals surface area contributed by atoms with Crippen LogP contribution in [0.3, 0.4) is 0 Å². The number of rotatable bonds is 7. The molecule has 2 nitrogen and oxygen atoms in total. The van der Waals surface area contributed by atoms with Crippen LogP contribution in [0.5, 0.6) is 0 Å². The SMILES string of the molecule is C=C(C)CCC(NC)C(C)(CC)N1CCCCC1. The van der Waals surface area contributed by atoms with Crippen LogP contribution in [-0.4, -0.2) is 36.6 Å². The standard InChI is InChI=1S/C16H32N2/c1-6-16(4,18-12-8-7-9-13-18)15(17-5)11-10-14(2)3/h15,17H,2,6-13H2,1,3-5H3. The fourth-order valence-corrected chi connectivity index (χ4v) is 3.25. The summed E-state index contributed by atoms with van der Waals surface area (Å²) in [7, 11) is 2.11. The summed E-state index contributed by atoms with van der Waals surface area (Å²) in [6, 6.07) is 0.567. The molecule has 0 aromatic carbocycles. The van der Waals surface area contributed by atoms with E-state index < -0.39 is 0 Å². The van der Waals surface area contributed by atoms with Gasteiger partial charge in [0.2, 0.25) is 0 Å². The van der Waals surface area contributed by atoms with Gasteiger partial charge in [-0.25, -0.2) is 0 Å². The highest BCUT2D eigenvalue weighted by atomic mass is 15.2. The molecule has 1 aliphatic rings. The summed E-state index contributed by atoms with van der Waals surface area (Å²) in [6.07, 6.45) is 7.70. The Morgan fingerprint density at radius 1 is 1.33 bits per heavy atom. The van der Waals surface area contributed by atoms with Crippen LogP contribution in [0.4, 0.5) is 0 Å². The van der Waals surface area contributed by atoms with Gasteiger partial charge in [-0.2, -0.15) is 0 Å². The smallest absolute Gasteiger partial charge is 0.0331 e. The molecule has 0 aliphatic carbocycles. The maximum Gasteiger partial charge on any atom is 0.0331 e. The molecule has 1 rings (SSSR count). The Bertz CT molecular complexity index is 256. The van der Waals surface area contributed by atoms with E-state index in [2.05, 4.69) is 44.6 Å². The summed E-state index contributed by atoms with van der Waals surface area (Å²) in [6.45, 7) is 13.5. The van der Waals surface area contributed by atoms with Crippen LogP contribution in [0.25, 0.3) is 0 Å². The van der Waals surface area contributed by atoms with Gasteiger partial charge in [-0.15, -0.1) is 6.58 Å². The Kier molecular flexibility index (Phi) is 6.37. The van der Waals surface area contributed by atoms with Crippen LogP contribution in [0.15, 0.2) is 12.2 Å². The first kappa shape index (κ1) is 15.7. The predicted molar refractivity (Wildman–Crippen MR) is 81.0 cm³/mol. The fraction of sp³-hybridized carbons (Fsp3) is 0.875. The Morgan fingerprint density at radius 2 is 1.94 bits per heavy atom. The van der Waals surface area contributed by atoms with Crippen LogP contribution in [0.2, 0.25) is 0 Å². The molecule has 0 aromatic rings. The molecule has 1 heterocycles. The second kappa shape index (κ2) is 7.30. The lowest BCUT2D eigenvalue weighted by Crippen LogP contribution is -2.59. The number of nitrogens with one attached hydrogen (secondary N) is 1.